The predicted molar refractivity (Wildman–Crippen MR) is 109 cm³/mol. The molecule has 0 fully saturated rings. The number of thiocarbonyl (C=S) groups is 1. The molecule has 134 valence electrons. The minimum atomic E-state index is 0.603. The lowest BCUT2D eigenvalue weighted by molar-refractivity contribution is 0.295. The first-order chi connectivity index (χ1) is 12.2. The molecule has 4 nitrogen and oxygen atoms in total. The zero-order valence-corrected chi connectivity index (χ0v) is 16.0. The van der Waals surface area contributed by atoms with Crippen molar-refractivity contribution in [3.63, 3.8) is 0 Å². The quantitative estimate of drug-likeness (QED) is 0.698. The van der Waals surface area contributed by atoms with Crippen molar-refractivity contribution in [2.45, 2.75) is 26.9 Å². The second kappa shape index (κ2) is 10.0. The van der Waals surface area contributed by atoms with E-state index in [1.54, 1.807) is 7.11 Å². The van der Waals surface area contributed by atoms with E-state index in [9.17, 15) is 0 Å². The highest BCUT2D eigenvalue weighted by Crippen LogP contribution is 2.17. The Morgan fingerprint density at radius 3 is 2.44 bits per heavy atom. The minimum Gasteiger partial charge on any atom is -0.497 e. The SMILES string of the molecule is CCN(CC)Cc1ccccc1CNC(=S)Nc1cccc(OC)c1. The average molecular weight is 358 g/mol. The van der Waals surface area contributed by atoms with Crippen LogP contribution in [0.5, 0.6) is 5.75 Å². The fraction of sp³-hybridized carbons (Fsp3) is 0.350. The largest absolute Gasteiger partial charge is 0.497 e. The summed E-state index contributed by atoms with van der Waals surface area (Å²) in [6.45, 7) is 8.14. The summed E-state index contributed by atoms with van der Waals surface area (Å²) < 4.78 is 5.23. The minimum absolute atomic E-state index is 0.603. The molecule has 0 aliphatic rings. The summed E-state index contributed by atoms with van der Waals surface area (Å²) in [5.74, 6) is 0.803. The van der Waals surface area contributed by atoms with Crippen molar-refractivity contribution in [2.24, 2.45) is 0 Å². The van der Waals surface area contributed by atoms with Gasteiger partial charge in [-0.25, -0.2) is 0 Å². The summed E-state index contributed by atoms with van der Waals surface area (Å²) in [6, 6.07) is 16.2. The van der Waals surface area contributed by atoms with Crippen molar-refractivity contribution >= 4 is 23.0 Å². The first-order valence-electron chi connectivity index (χ1n) is 8.64. The maximum Gasteiger partial charge on any atom is 0.171 e. The van der Waals surface area contributed by atoms with Gasteiger partial charge < -0.3 is 15.4 Å². The average Bonchev–Trinajstić information content (AvgIpc) is 2.65. The summed E-state index contributed by atoms with van der Waals surface area (Å²) in [5.41, 5.74) is 3.51. The Labute approximate surface area is 156 Å². The van der Waals surface area contributed by atoms with Crippen molar-refractivity contribution in [1.29, 1.82) is 0 Å². The Hall–Kier alpha value is -2.11. The van der Waals surface area contributed by atoms with Crippen molar-refractivity contribution in [2.75, 3.05) is 25.5 Å². The molecule has 2 N–H and O–H groups in total. The zero-order chi connectivity index (χ0) is 18.1. The van der Waals surface area contributed by atoms with Gasteiger partial charge >= 0.3 is 0 Å². The molecular formula is C20H27N3OS. The van der Waals surface area contributed by atoms with E-state index in [0.717, 1.165) is 31.1 Å². The number of hydrogen-bond acceptors (Lipinski definition) is 3. The van der Waals surface area contributed by atoms with Crippen molar-refractivity contribution in [3.8, 4) is 5.75 Å². The summed E-state index contributed by atoms with van der Waals surface area (Å²) in [5, 5.41) is 7.10. The van der Waals surface area contributed by atoms with Crippen LogP contribution in [0.25, 0.3) is 0 Å². The molecule has 0 aliphatic heterocycles. The van der Waals surface area contributed by atoms with Crippen LogP contribution in [0.3, 0.4) is 0 Å². The molecule has 0 bridgehead atoms. The fourth-order valence-corrected chi connectivity index (χ4v) is 2.81. The molecule has 0 atom stereocenters. The fourth-order valence-electron chi connectivity index (χ4n) is 2.62. The van der Waals surface area contributed by atoms with Crippen LogP contribution >= 0.6 is 12.2 Å². The van der Waals surface area contributed by atoms with Gasteiger partial charge in [-0.3, -0.25) is 4.90 Å². The lowest BCUT2D eigenvalue weighted by atomic mass is 10.1. The van der Waals surface area contributed by atoms with Gasteiger partial charge in [0.05, 0.1) is 7.11 Å². The van der Waals surface area contributed by atoms with E-state index in [4.69, 9.17) is 17.0 Å². The van der Waals surface area contributed by atoms with Gasteiger partial charge in [0, 0.05) is 24.8 Å². The Kier molecular flexibility index (Phi) is 7.70. The molecular weight excluding hydrogens is 330 g/mol. The van der Waals surface area contributed by atoms with Crippen molar-refractivity contribution in [1.82, 2.24) is 10.2 Å². The van der Waals surface area contributed by atoms with Crippen LogP contribution in [-0.4, -0.2) is 30.2 Å². The first-order valence-corrected chi connectivity index (χ1v) is 9.05. The molecule has 0 heterocycles. The highest BCUT2D eigenvalue weighted by Gasteiger charge is 2.07. The number of methoxy groups -OCH3 is 1. The first kappa shape index (κ1) is 19.2. The molecule has 0 spiro atoms. The van der Waals surface area contributed by atoms with Gasteiger partial charge in [-0.1, -0.05) is 44.2 Å². The molecule has 0 aliphatic carbocycles. The standard InChI is InChI=1S/C20H27N3OS/c1-4-23(5-2)15-17-10-7-6-9-16(17)14-21-20(25)22-18-11-8-12-19(13-18)24-3/h6-13H,4-5,14-15H2,1-3H3,(H2,21,22,25). The second-order valence-corrected chi connectivity index (χ2v) is 6.18. The molecule has 0 unspecified atom stereocenters. The van der Waals surface area contributed by atoms with E-state index in [1.807, 2.05) is 24.3 Å². The number of nitrogens with one attached hydrogen (secondary N) is 2. The summed E-state index contributed by atoms with van der Waals surface area (Å²) in [7, 11) is 1.66. The van der Waals surface area contributed by atoms with Crippen LogP contribution < -0.4 is 15.4 Å². The van der Waals surface area contributed by atoms with E-state index < -0.39 is 0 Å². The highest BCUT2D eigenvalue weighted by atomic mass is 32.1. The van der Waals surface area contributed by atoms with E-state index >= 15 is 0 Å². The van der Waals surface area contributed by atoms with Crippen LogP contribution in [0.1, 0.15) is 25.0 Å². The molecule has 0 amide bonds. The maximum atomic E-state index is 5.42. The lowest BCUT2D eigenvalue weighted by Gasteiger charge is -2.20. The van der Waals surface area contributed by atoms with E-state index in [-0.39, 0.29) is 0 Å². The van der Waals surface area contributed by atoms with E-state index in [0.29, 0.717) is 11.7 Å². The molecule has 5 heteroatoms. The van der Waals surface area contributed by atoms with Crippen LogP contribution in [-0.2, 0) is 13.1 Å². The van der Waals surface area contributed by atoms with Gasteiger partial charge in [0.2, 0.25) is 0 Å². The Morgan fingerprint density at radius 1 is 1.04 bits per heavy atom. The topological polar surface area (TPSA) is 36.5 Å². The third-order valence-corrected chi connectivity index (χ3v) is 4.42. The summed E-state index contributed by atoms with van der Waals surface area (Å²) >= 11 is 5.42. The van der Waals surface area contributed by atoms with Crippen LogP contribution in [0.4, 0.5) is 5.69 Å². The number of nitrogens with zero attached hydrogens (tertiary/aromatic N) is 1. The van der Waals surface area contributed by atoms with Crippen LogP contribution in [0.2, 0.25) is 0 Å². The van der Waals surface area contributed by atoms with Gasteiger partial charge in [0.25, 0.3) is 0 Å². The van der Waals surface area contributed by atoms with Crippen LogP contribution in [0.15, 0.2) is 48.5 Å². The summed E-state index contributed by atoms with van der Waals surface area (Å²) in [4.78, 5) is 2.41. The third kappa shape index (κ3) is 6.03. The number of hydrogen-bond donors (Lipinski definition) is 2. The molecule has 0 aromatic heterocycles. The molecule has 25 heavy (non-hydrogen) atoms. The molecule has 0 saturated heterocycles. The Bertz CT molecular complexity index is 686. The van der Waals surface area contributed by atoms with Gasteiger partial charge in [-0.05, 0) is 48.6 Å². The Balaban J connectivity index is 1.95. The normalized spacial score (nSPS) is 10.6. The van der Waals surface area contributed by atoms with Crippen LogP contribution in [0, 0.1) is 0 Å². The maximum absolute atomic E-state index is 5.42. The second-order valence-electron chi connectivity index (χ2n) is 5.77. The third-order valence-electron chi connectivity index (χ3n) is 4.17. The molecule has 2 aromatic rings. The molecule has 0 saturated carbocycles. The van der Waals surface area contributed by atoms with E-state index in [2.05, 4.69) is 53.6 Å². The van der Waals surface area contributed by atoms with Gasteiger partial charge in [-0.15, -0.1) is 0 Å². The highest BCUT2D eigenvalue weighted by molar-refractivity contribution is 7.80. The van der Waals surface area contributed by atoms with Gasteiger partial charge in [-0.2, -0.15) is 0 Å². The smallest absolute Gasteiger partial charge is 0.171 e. The molecule has 2 aromatic carbocycles. The number of benzene rings is 2. The zero-order valence-electron chi connectivity index (χ0n) is 15.2. The monoisotopic (exact) mass is 357 g/mol. The van der Waals surface area contributed by atoms with Crippen molar-refractivity contribution in [3.05, 3.63) is 59.7 Å². The molecule has 0 radical (unpaired) electrons. The molecule has 2 rings (SSSR count). The lowest BCUT2D eigenvalue weighted by Crippen LogP contribution is -2.29. The number of rotatable bonds is 8. The predicted octanol–water partition coefficient (Wildman–Crippen LogP) is 4.02. The van der Waals surface area contributed by atoms with Gasteiger partial charge in [0.15, 0.2) is 5.11 Å². The van der Waals surface area contributed by atoms with Crippen molar-refractivity contribution < 1.29 is 4.74 Å². The summed E-state index contributed by atoms with van der Waals surface area (Å²) in [6.07, 6.45) is 0. The van der Waals surface area contributed by atoms with E-state index in [1.165, 1.54) is 11.1 Å². The number of anilines is 1. The Morgan fingerprint density at radius 2 is 1.76 bits per heavy atom. The number of ether oxygens (including phenoxy) is 1. The van der Waals surface area contributed by atoms with Gasteiger partial charge in [0.1, 0.15) is 5.75 Å².